The van der Waals surface area contributed by atoms with Crippen LogP contribution < -0.4 is 10.6 Å². The Balaban J connectivity index is 1.81. The summed E-state index contributed by atoms with van der Waals surface area (Å²) in [6.07, 6.45) is -0.705. The second kappa shape index (κ2) is 13.1. The number of carboxylic acids is 1. The third-order valence-electron chi connectivity index (χ3n) is 5.66. The number of nitrogens with one attached hydrogen (secondary N) is 2. The summed E-state index contributed by atoms with van der Waals surface area (Å²) in [6.45, 7) is 5.26. The smallest absolute Gasteiger partial charge is 0.407 e. The molecule has 1 atom stereocenters. The topological polar surface area (TPSA) is 105 Å². The first-order valence-electron chi connectivity index (χ1n) is 12.4. The fraction of sp³-hybridized carbons (Fsp3) is 0.300. The fourth-order valence-electron chi connectivity index (χ4n) is 4.01. The van der Waals surface area contributed by atoms with Crippen LogP contribution in [-0.2, 0) is 19.1 Å². The van der Waals surface area contributed by atoms with Crippen LogP contribution in [0.3, 0.4) is 0 Å². The molecule has 0 fully saturated rings. The van der Waals surface area contributed by atoms with Crippen LogP contribution in [0.2, 0.25) is 0 Å². The molecule has 0 aliphatic rings. The minimum atomic E-state index is -1.13. The van der Waals surface area contributed by atoms with Crippen LogP contribution in [0.15, 0.2) is 91.0 Å². The van der Waals surface area contributed by atoms with E-state index in [4.69, 9.17) is 4.74 Å². The Morgan fingerprint density at radius 3 is 1.66 bits per heavy atom. The number of amides is 2. The van der Waals surface area contributed by atoms with Crippen LogP contribution in [0.1, 0.15) is 43.9 Å². The molecule has 3 rings (SSSR count). The average molecular weight is 535 g/mol. The maximum atomic E-state index is 12.6. The van der Waals surface area contributed by atoms with Crippen molar-refractivity contribution in [1.29, 1.82) is 0 Å². The second-order valence-corrected chi connectivity index (χ2v) is 11.0. The van der Waals surface area contributed by atoms with E-state index >= 15 is 0 Å². The van der Waals surface area contributed by atoms with E-state index in [1.807, 2.05) is 91.0 Å². The Morgan fingerprint density at radius 2 is 1.26 bits per heavy atom. The second-order valence-electron chi connectivity index (χ2n) is 9.73. The van der Waals surface area contributed by atoms with Gasteiger partial charge in [-0.05, 0) is 37.5 Å². The van der Waals surface area contributed by atoms with Gasteiger partial charge in [0.1, 0.15) is 11.6 Å². The molecule has 200 valence electrons. The highest BCUT2D eigenvalue weighted by molar-refractivity contribution is 8.00. The molecule has 0 saturated heterocycles. The Kier molecular flexibility index (Phi) is 9.96. The van der Waals surface area contributed by atoms with Gasteiger partial charge in [-0.15, -0.1) is 11.8 Å². The van der Waals surface area contributed by atoms with E-state index in [-0.39, 0.29) is 18.7 Å². The van der Waals surface area contributed by atoms with Gasteiger partial charge in [-0.25, -0.2) is 9.59 Å². The first kappa shape index (κ1) is 28.8. The molecular weight excluding hydrogens is 500 g/mol. The quantitative estimate of drug-likeness (QED) is 0.292. The number of ether oxygens (including phenoxy) is 1. The number of aliphatic carboxylic acids is 1. The molecule has 0 radical (unpaired) electrons. The lowest BCUT2D eigenvalue weighted by Crippen LogP contribution is -2.44. The zero-order valence-corrected chi connectivity index (χ0v) is 22.7. The van der Waals surface area contributed by atoms with Crippen LogP contribution in [0.5, 0.6) is 0 Å². The van der Waals surface area contributed by atoms with Gasteiger partial charge in [-0.1, -0.05) is 91.0 Å². The van der Waals surface area contributed by atoms with Crippen LogP contribution in [0.25, 0.3) is 0 Å². The van der Waals surface area contributed by atoms with E-state index in [0.717, 1.165) is 16.7 Å². The molecule has 0 bridgehead atoms. The van der Waals surface area contributed by atoms with E-state index in [0.29, 0.717) is 0 Å². The summed E-state index contributed by atoms with van der Waals surface area (Å²) >= 11 is 1.46. The van der Waals surface area contributed by atoms with Crippen molar-refractivity contribution in [2.75, 3.05) is 12.3 Å². The lowest BCUT2D eigenvalue weighted by Gasteiger charge is -2.36. The van der Waals surface area contributed by atoms with Gasteiger partial charge < -0.3 is 20.5 Å². The Labute approximate surface area is 228 Å². The predicted octanol–water partition coefficient (Wildman–Crippen LogP) is 5.20. The van der Waals surface area contributed by atoms with Crippen molar-refractivity contribution >= 4 is 29.7 Å². The first-order valence-corrected chi connectivity index (χ1v) is 13.4. The molecule has 1 unspecified atom stereocenters. The fourth-order valence-corrected chi connectivity index (χ4v) is 5.56. The molecule has 8 heteroatoms. The molecule has 0 aliphatic carbocycles. The monoisotopic (exact) mass is 534 g/mol. The standard InChI is InChI=1S/C30H34N2O5S/c1-29(2,3)37-28(36)31-20-19-26(33)32-25(27(34)35)21-38-30(22-13-7-4-8-14-22,23-15-9-5-10-16-23)24-17-11-6-12-18-24/h4-18,25H,19-21H2,1-3H3,(H,31,36)(H,32,33)(H,34,35). The summed E-state index contributed by atoms with van der Waals surface area (Å²) in [6, 6.07) is 28.7. The maximum absolute atomic E-state index is 12.6. The van der Waals surface area contributed by atoms with E-state index in [1.165, 1.54) is 11.8 Å². The molecule has 0 aliphatic heterocycles. The molecule has 0 aromatic heterocycles. The van der Waals surface area contributed by atoms with Crippen LogP contribution in [-0.4, -0.2) is 47.0 Å². The maximum Gasteiger partial charge on any atom is 0.407 e. The number of carbonyl (C=O) groups is 3. The van der Waals surface area contributed by atoms with Gasteiger partial charge in [-0.2, -0.15) is 0 Å². The molecule has 3 N–H and O–H groups in total. The molecule has 0 heterocycles. The number of rotatable bonds is 11. The van der Waals surface area contributed by atoms with Crippen molar-refractivity contribution in [3.63, 3.8) is 0 Å². The molecule has 3 aromatic carbocycles. The van der Waals surface area contributed by atoms with Crippen molar-refractivity contribution in [2.45, 2.75) is 43.6 Å². The lowest BCUT2D eigenvalue weighted by atomic mass is 9.84. The van der Waals surface area contributed by atoms with E-state index in [1.54, 1.807) is 20.8 Å². The summed E-state index contributed by atoms with van der Waals surface area (Å²) < 4.78 is 4.45. The van der Waals surface area contributed by atoms with Crippen molar-refractivity contribution in [3.8, 4) is 0 Å². The number of hydrogen-bond donors (Lipinski definition) is 3. The first-order chi connectivity index (χ1) is 18.1. The van der Waals surface area contributed by atoms with Crippen molar-refractivity contribution in [3.05, 3.63) is 108 Å². The lowest BCUT2D eigenvalue weighted by molar-refractivity contribution is -0.141. The summed E-state index contributed by atoms with van der Waals surface area (Å²) in [5, 5.41) is 15.1. The highest BCUT2D eigenvalue weighted by Crippen LogP contribution is 2.48. The summed E-state index contributed by atoms with van der Waals surface area (Å²) in [4.78, 5) is 36.6. The number of benzene rings is 3. The summed E-state index contributed by atoms with van der Waals surface area (Å²) in [5.74, 6) is -1.49. The molecular formula is C30H34N2O5S. The summed E-state index contributed by atoms with van der Waals surface area (Å²) in [7, 11) is 0. The Bertz CT molecular complexity index is 1100. The van der Waals surface area contributed by atoms with Crippen molar-refractivity contribution in [1.82, 2.24) is 10.6 Å². The van der Waals surface area contributed by atoms with Crippen LogP contribution in [0, 0.1) is 0 Å². The van der Waals surface area contributed by atoms with Crippen LogP contribution in [0.4, 0.5) is 4.79 Å². The Morgan fingerprint density at radius 1 is 0.816 bits per heavy atom. The number of thioether (sulfide) groups is 1. The molecule has 3 aromatic rings. The van der Waals surface area contributed by atoms with Crippen molar-refractivity contribution < 1.29 is 24.2 Å². The number of carboxylic acid groups (broad SMARTS) is 1. The van der Waals surface area contributed by atoms with E-state index < -0.39 is 34.4 Å². The zero-order valence-electron chi connectivity index (χ0n) is 21.8. The van der Waals surface area contributed by atoms with Gasteiger partial charge in [-0.3, -0.25) is 4.79 Å². The number of hydrogen-bond acceptors (Lipinski definition) is 5. The van der Waals surface area contributed by atoms with Crippen molar-refractivity contribution in [2.24, 2.45) is 0 Å². The highest BCUT2D eigenvalue weighted by Gasteiger charge is 2.38. The third-order valence-corrected chi connectivity index (χ3v) is 7.30. The van der Waals surface area contributed by atoms with Gasteiger partial charge >= 0.3 is 12.1 Å². The molecule has 38 heavy (non-hydrogen) atoms. The summed E-state index contributed by atoms with van der Waals surface area (Å²) in [5.41, 5.74) is 2.35. The minimum Gasteiger partial charge on any atom is -0.480 e. The Hall–Kier alpha value is -3.78. The SMILES string of the molecule is CC(C)(C)OC(=O)NCCC(=O)NC(CSC(c1ccccc1)(c1ccccc1)c1ccccc1)C(=O)O. The van der Waals surface area contributed by atoms with Gasteiger partial charge in [0.25, 0.3) is 0 Å². The van der Waals surface area contributed by atoms with Gasteiger partial charge in [0.15, 0.2) is 0 Å². The third kappa shape index (κ3) is 7.86. The highest BCUT2D eigenvalue weighted by atomic mass is 32.2. The average Bonchev–Trinajstić information content (AvgIpc) is 2.89. The van der Waals surface area contributed by atoms with Gasteiger partial charge in [0.2, 0.25) is 5.91 Å². The van der Waals surface area contributed by atoms with E-state index in [2.05, 4.69) is 10.6 Å². The predicted molar refractivity (Wildman–Crippen MR) is 150 cm³/mol. The number of alkyl carbamates (subject to hydrolysis) is 1. The molecule has 0 saturated carbocycles. The molecule has 0 spiro atoms. The molecule has 2 amide bonds. The van der Waals surface area contributed by atoms with Gasteiger partial charge in [0.05, 0.1) is 4.75 Å². The normalized spacial score (nSPS) is 12.3. The molecule has 7 nitrogen and oxygen atoms in total. The zero-order chi connectivity index (χ0) is 27.6. The largest absolute Gasteiger partial charge is 0.480 e. The number of carbonyl (C=O) groups excluding carboxylic acids is 2. The van der Waals surface area contributed by atoms with Gasteiger partial charge in [0, 0.05) is 18.7 Å². The van der Waals surface area contributed by atoms with E-state index in [9.17, 15) is 19.5 Å². The van der Waals surface area contributed by atoms with Crippen LogP contribution >= 0.6 is 11.8 Å². The minimum absolute atomic E-state index is 0.0300.